The van der Waals surface area contributed by atoms with Crippen LogP contribution in [0.3, 0.4) is 0 Å². The summed E-state index contributed by atoms with van der Waals surface area (Å²) >= 11 is 0. The summed E-state index contributed by atoms with van der Waals surface area (Å²) in [6.45, 7) is 2.11. The summed E-state index contributed by atoms with van der Waals surface area (Å²) in [6.07, 6.45) is 2.63. The number of aromatic nitrogens is 2. The molecular weight excluding hydrogens is 212 g/mol. The lowest BCUT2D eigenvalue weighted by Gasteiger charge is -2.13. The third-order valence-corrected chi connectivity index (χ3v) is 2.78. The fourth-order valence-corrected chi connectivity index (χ4v) is 1.88. The molecule has 0 spiro atoms. The number of benzene rings is 1. The molecule has 0 bridgehead atoms. The largest absolute Gasteiger partial charge is 0.383 e. The molecule has 0 aliphatic rings. The zero-order valence-corrected chi connectivity index (χ0v) is 9.80. The molecule has 0 radical (unpaired) electrons. The predicted octanol–water partition coefficient (Wildman–Crippen LogP) is 1.99. The summed E-state index contributed by atoms with van der Waals surface area (Å²) in [5.41, 5.74) is 13.5. The number of hydrogen-bond acceptors (Lipinski definition) is 4. The van der Waals surface area contributed by atoms with Gasteiger partial charge in [-0.25, -0.2) is 4.98 Å². The predicted molar refractivity (Wildman–Crippen MR) is 69.4 cm³/mol. The SMILES string of the molecule is C[C@H](Cc1ccccc1)c1cnc(N)nc1N. The minimum atomic E-state index is 0.221. The Hall–Kier alpha value is -2.10. The molecule has 4 heteroatoms. The molecule has 2 rings (SSSR count). The molecule has 4 nitrogen and oxygen atoms in total. The first-order valence-electron chi connectivity index (χ1n) is 5.58. The van der Waals surface area contributed by atoms with Crippen molar-refractivity contribution in [1.82, 2.24) is 9.97 Å². The molecule has 0 saturated carbocycles. The van der Waals surface area contributed by atoms with Gasteiger partial charge in [0.15, 0.2) is 0 Å². The highest BCUT2D eigenvalue weighted by molar-refractivity contribution is 5.43. The first-order valence-corrected chi connectivity index (χ1v) is 5.58. The van der Waals surface area contributed by atoms with Gasteiger partial charge in [0.2, 0.25) is 5.95 Å². The van der Waals surface area contributed by atoms with Gasteiger partial charge in [-0.15, -0.1) is 0 Å². The van der Waals surface area contributed by atoms with Crippen molar-refractivity contribution in [3.8, 4) is 0 Å². The average molecular weight is 228 g/mol. The molecule has 1 aromatic carbocycles. The van der Waals surface area contributed by atoms with E-state index >= 15 is 0 Å². The molecule has 88 valence electrons. The highest BCUT2D eigenvalue weighted by Crippen LogP contribution is 2.23. The van der Waals surface area contributed by atoms with Crippen molar-refractivity contribution in [1.29, 1.82) is 0 Å². The van der Waals surface area contributed by atoms with Crippen LogP contribution in [0.1, 0.15) is 24.0 Å². The van der Waals surface area contributed by atoms with E-state index in [9.17, 15) is 0 Å². The lowest BCUT2D eigenvalue weighted by atomic mass is 9.95. The van der Waals surface area contributed by atoms with Crippen LogP contribution in [0, 0.1) is 0 Å². The molecule has 2 aromatic rings. The van der Waals surface area contributed by atoms with E-state index in [0.29, 0.717) is 5.82 Å². The Bertz CT molecular complexity index is 496. The summed E-state index contributed by atoms with van der Waals surface area (Å²) in [7, 11) is 0. The van der Waals surface area contributed by atoms with Crippen LogP contribution in [0.15, 0.2) is 36.5 Å². The second kappa shape index (κ2) is 4.82. The van der Waals surface area contributed by atoms with Crippen LogP contribution < -0.4 is 11.5 Å². The van der Waals surface area contributed by atoms with E-state index in [-0.39, 0.29) is 11.9 Å². The maximum atomic E-state index is 5.84. The summed E-state index contributed by atoms with van der Waals surface area (Å²) in [5, 5.41) is 0. The van der Waals surface area contributed by atoms with Crippen molar-refractivity contribution in [3.05, 3.63) is 47.7 Å². The van der Waals surface area contributed by atoms with Crippen LogP contribution in [0.5, 0.6) is 0 Å². The zero-order chi connectivity index (χ0) is 12.3. The van der Waals surface area contributed by atoms with E-state index < -0.39 is 0 Å². The minimum absolute atomic E-state index is 0.221. The number of anilines is 2. The molecule has 0 aliphatic heterocycles. The maximum absolute atomic E-state index is 5.84. The van der Waals surface area contributed by atoms with E-state index in [1.807, 2.05) is 18.2 Å². The molecule has 4 N–H and O–H groups in total. The third kappa shape index (κ3) is 2.72. The van der Waals surface area contributed by atoms with Crippen LogP contribution in [0.4, 0.5) is 11.8 Å². The van der Waals surface area contributed by atoms with Gasteiger partial charge in [-0.2, -0.15) is 4.98 Å². The normalized spacial score (nSPS) is 12.3. The lowest BCUT2D eigenvalue weighted by molar-refractivity contribution is 0.753. The molecule has 1 atom stereocenters. The molecule has 17 heavy (non-hydrogen) atoms. The van der Waals surface area contributed by atoms with Crippen molar-refractivity contribution >= 4 is 11.8 Å². The molecule has 1 heterocycles. The molecule has 0 saturated heterocycles. The van der Waals surface area contributed by atoms with Crippen molar-refractivity contribution in [2.45, 2.75) is 19.3 Å². The molecule has 0 aliphatic carbocycles. The van der Waals surface area contributed by atoms with E-state index in [1.165, 1.54) is 5.56 Å². The van der Waals surface area contributed by atoms with E-state index in [4.69, 9.17) is 11.5 Å². The first-order chi connectivity index (χ1) is 8.16. The van der Waals surface area contributed by atoms with Crippen LogP contribution in [-0.4, -0.2) is 9.97 Å². The Morgan fingerprint density at radius 2 is 1.88 bits per heavy atom. The maximum Gasteiger partial charge on any atom is 0.221 e. The fraction of sp³-hybridized carbons (Fsp3) is 0.231. The van der Waals surface area contributed by atoms with Gasteiger partial charge in [-0.3, -0.25) is 0 Å². The van der Waals surface area contributed by atoms with Crippen molar-refractivity contribution in [2.24, 2.45) is 0 Å². The smallest absolute Gasteiger partial charge is 0.221 e. The van der Waals surface area contributed by atoms with Crippen LogP contribution in [0.2, 0.25) is 0 Å². The Morgan fingerprint density at radius 3 is 2.53 bits per heavy atom. The fourth-order valence-electron chi connectivity index (χ4n) is 1.88. The Balaban J connectivity index is 2.17. The van der Waals surface area contributed by atoms with Gasteiger partial charge in [0.25, 0.3) is 0 Å². The molecular formula is C13H16N4. The monoisotopic (exact) mass is 228 g/mol. The zero-order valence-electron chi connectivity index (χ0n) is 9.80. The quantitative estimate of drug-likeness (QED) is 0.842. The summed E-state index contributed by atoms with van der Waals surface area (Å²) < 4.78 is 0. The minimum Gasteiger partial charge on any atom is -0.383 e. The number of hydrogen-bond donors (Lipinski definition) is 2. The first kappa shape index (κ1) is 11.4. The number of nitrogen functional groups attached to an aromatic ring is 2. The lowest BCUT2D eigenvalue weighted by Crippen LogP contribution is -2.07. The van der Waals surface area contributed by atoms with Crippen molar-refractivity contribution < 1.29 is 0 Å². The van der Waals surface area contributed by atoms with Gasteiger partial charge >= 0.3 is 0 Å². The van der Waals surface area contributed by atoms with Crippen molar-refractivity contribution in [3.63, 3.8) is 0 Å². The van der Waals surface area contributed by atoms with Crippen molar-refractivity contribution in [2.75, 3.05) is 11.5 Å². The average Bonchev–Trinajstić information content (AvgIpc) is 2.30. The van der Waals surface area contributed by atoms with Crippen LogP contribution >= 0.6 is 0 Å². The molecule has 0 amide bonds. The van der Waals surface area contributed by atoms with E-state index in [1.54, 1.807) is 6.20 Å². The summed E-state index contributed by atoms with van der Waals surface area (Å²) in [4.78, 5) is 7.97. The van der Waals surface area contributed by atoms with E-state index in [2.05, 4.69) is 29.0 Å². The summed E-state index contributed by atoms with van der Waals surface area (Å²) in [6, 6.07) is 10.3. The number of nitrogens with zero attached hydrogens (tertiary/aromatic N) is 2. The van der Waals surface area contributed by atoms with Gasteiger partial charge in [0, 0.05) is 11.8 Å². The molecule has 0 unspecified atom stereocenters. The van der Waals surface area contributed by atoms with Crippen LogP contribution in [0.25, 0.3) is 0 Å². The highest BCUT2D eigenvalue weighted by Gasteiger charge is 2.11. The third-order valence-electron chi connectivity index (χ3n) is 2.78. The Kier molecular flexibility index (Phi) is 3.23. The number of nitrogens with two attached hydrogens (primary N) is 2. The van der Waals surface area contributed by atoms with Gasteiger partial charge in [0.05, 0.1) is 0 Å². The molecule has 0 fully saturated rings. The van der Waals surface area contributed by atoms with Gasteiger partial charge < -0.3 is 11.5 Å². The molecule has 1 aromatic heterocycles. The topological polar surface area (TPSA) is 77.8 Å². The van der Waals surface area contributed by atoms with Gasteiger partial charge in [-0.05, 0) is 17.9 Å². The van der Waals surface area contributed by atoms with Gasteiger partial charge in [0.1, 0.15) is 5.82 Å². The highest BCUT2D eigenvalue weighted by atomic mass is 15.0. The standard InChI is InChI=1S/C13H16N4/c1-9(7-10-5-3-2-4-6-10)11-8-16-13(15)17-12(11)14/h2-6,8-9H,7H2,1H3,(H4,14,15,16,17)/t9-/m1/s1. The second-order valence-corrected chi connectivity index (χ2v) is 4.16. The van der Waals surface area contributed by atoms with Crippen LogP contribution in [-0.2, 0) is 6.42 Å². The van der Waals surface area contributed by atoms with Gasteiger partial charge in [-0.1, -0.05) is 37.3 Å². The Morgan fingerprint density at radius 1 is 1.18 bits per heavy atom. The van der Waals surface area contributed by atoms with E-state index in [0.717, 1.165) is 12.0 Å². The Labute approximate surface area is 101 Å². The summed E-state index contributed by atoms with van der Waals surface area (Å²) in [5.74, 6) is 0.970. The second-order valence-electron chi connectivity index (χ2n) is 4.16. The number of rotatable bonds is 3.